The van der Waals surface area contributed by atoms with Gasteiger partial charge in [-0.3, -0.25) is 4.79 Å². The summed E-state index contributed by atoms with van der Waals surface area (Å²) in [5.74, 6) is 0.557. The van der Waals surface area contributed by atoms with Crippen molar-refractivity contribution in [2.24, 2.45) is 0 Å². The molecule has 0 saturated carbocycles. The Morgan fingerprint density at radius 3 is 2.18 bits per heavy atom. The third kappa shape index (κ3) is 11.3. The summed E-state index contributed by atoms with van der Waals surface area (Å²) in [4.78, 5) is 13.0. The molecule has 0 saturated heterocycles. The fraction of sp³-hybridized carbons (Fsp3) is 0.515. The summed E-state index contributed by atoms with van der Waals surface area (Å²) in [5.41, 5.74) is 2.73. The zero-order valence-electron chi connectivity index (χ0n) is 23.9. The predicted molar refractivity (Wildman–Crippen MR) is 165 cm³/mol. The first-order chi connectivity index (χ1) is 19.1. The molecule has 0 spiro atoms. The maximum Gasteiger partial charge on any atom is 0.234 e. The Morgan fingerprint density at radius 1 is 0.872 bits per heavy atom. The molecule has 0 aliphatic rings. The first kappa shape index (κ1) is 31.2. The van der Waals surface area contributed by atoms with E-state index in [0.29, 0.717) is 17.4 Å². The second kappa shape index (κ2) is 18.1. The molecule has 1 aromatic heterocycles. The first-order valence-electron chi connectivity index (χ1n) is 14.8. The Kier molecular flexibility index (Phi) is 14.4. The van der Waals surface area contributed by atoms with Crippen molar-refractivity contribution in [1.82, 2.24) is 0 Å². The van der Waals surface area contributed by atoms with Crippen molar-refractivity contribution in [3.8, 4) is 5.75 Å². The number of benzene rings is 2. The van der Waals surface area contributed by atoms with Crippen molar-refractivity contribution in [3.63, 3.8) is 0 Å². The van der Waals surface area contributed by atoms with E-state index < -0.39 is 0 Å². The van der Waals surface area contributed by atoms with Crippen molar-refractivity contribution < 1.29 is 14.1 Å². The second-order valence-electron chi connectivity index (χ2n) is 10.4. The minimum Gasteiger partial charge on any atom is -0.492 e. The predicted octanol–water partition coefficient (Wildman–Crippen LogP) is 9.31. The van der Waals surface area contributed by atoms with E-state index in [4.69, 9.17) is 16.3 Å². The van der Waals surface area contributed by atoms with Crippen LogP contribution in [0.4, 0.5) is 5.69 Å². The average molecular weight is 570 g/mol. The van der Waals surface area contributed by atoms with Gasteiger partial charge < -0.3 is 10.1 Å². The molecule has 1 heterocycles. The molecule has 0 bridgehead atoms. The molecule has 1 N–H and O–H groups in total. The van der Waals surface area contributed by atoms with Gasteiger partial charge in [0.25, 0.3) is 0 Å². The Labute approximate surface area is 244 Å². The van der Waals surface area contributed by atoms with Crippen molar-refractivity contribution in [2.45, 2.75) is 104 Å². The summed E-state index contributed by atoms with van der Waals surface area (Å²) in [6.07, 6.45) is 18.0. The Bertz CT molecular complexity index is 1130. The number of anilines is 1. The van der Waals surface area contributed by atoms with Crippen LogP contribution in [0.3, 0.4) is 0 Å². The maximum absolute atomic E-state index is 13.0. The number of amides is 1. The number of thiazole rings is 1. The Hall–Kier alpha value is -2.37. The number of aryl methyl sites for hydroxylation is 1. The second-order valence-corrected chi connectivity index (χ2v) is 11.9. The molecule has 2 aromatic carbocycles. The van der Waals surface area contributed by atoms with Gasteiger partial charge in [0.2, 0.25) is 10.9 Å². The molecule has 0 atom stereocenters. The maximum atomic E-state index is 13.0. The number of halogens is 1. The summed E-state index contributed by atoms with van der Waals surface area (Å²) in [6, 6.07) is 13.6. The van der Waals surface area contributed by atoms with Gasteiger partial charge in [-0.25, -0.2) is 0 Å². The van der Waals surface area contributed by atoms with Crippen LogP contribution in [0.1, 0.15) is 100 Å². The monoisotopic (exact) mass is 569 g/mol. The van der Waals surface area contributed by atoms with Crippen LogP contribution < -0.4 is 14.6 Å². The third-order valence-electron chi connectivity index (χ3n) is 7.16. The van der Waals surface area contributed by atoms with Gasteiger partial charge in [-0.2, -0.15) is 4.57 Å². The lowest BCUT2D eigenvalue weighted by atomic mass is 10.1. The van der Waals surface area contributed by atoms with E-state index in [1.165, 1.54) is 69.2 Å². The van der Waals surface area contributed by atoms with Gasteiger partial charge in [0.05, 0.1) is 29.1 Å². The van der Waals surface area contributed by atoms with Crippen LogP contribution in [0.25, 0.3) is 0 Å². The number of carbonyl (C=O) groups is 1. The van der Waals surface area contributed by atoms with E-state index in [0.717, 1.165) is 36.2 Å². The highest BCUT2D eigenvalue weighted by Gasteiger charge is 2.16. The number of aromatic nitrogens is 1. The first-order valence-corrected chi connectivity index (χ1v) is 16.1. The summed E-state index contributed by atoms with van der Waals surface area (Å²) in [6.45, 7) is 5.71. The van der Waals surface area contributed by atoms with Crippen molar-refractivity contribution in [2.75, 3.05) is 11.9 Å². The van der Waals surface area contributed by atoms with Crippen LogP contribution in [0.5, 0.6) is 5.75 Å². The van der Waals surface area contributed by atoms with Gasteiger partial charge in [0.15, 0.2) is 12.7 Å². The molecule has 39 heavy (non-hydrogen) atoms. The lowest BCUT2D eigenvalue weighted by Gasteiger charge is -2.14. The van der Waals surface area contributed by atoms with Gasteiger partial charge in [-0.15, -0.1) is 0 Å². The number of hydrogen-bond donors (Lipinski definition) is 1. The van der Waals surface area contributed by atoms with Crippen molar-refractivity contribution in [3.05, 3.63) is 75.2 Å². The van der Waals surface area contributed by atoms with Crippen molar-refractivity contribution >= 4 is 34.5 Å². The number of ether oxygens (including phenoxy) is 1. The van der Waals surface area contributed by atoms with E-state index in [-0.39, 0.29) is 12.3 Å². The zero-order valence-corrected chi connectivity index (χ0v) is 25.4. The van der Waals surface area contributed by atoms with E-state index >= 15 is 0 Å². The quantitative estimate of drug-likeness (QED) is 0.115. The third-order valence-corrected chi connectivity index (χ3v) is 8.29. The summed E-state index contributed by atoms with van der Waals surface area (Å²) in [5, 5.41) is 6.97. The van der Waals surface area contributed by atoms with E-state index in [1.807, 2.05) is 36.4 Å². The minimum absolute atomic E-state index is 0.0769. The number of para-hydroxylation sites is 2. The van der Waals surface area contributed by atoms with Gasteiger partial charge in [-0.1, -0.05) is 131 Å². The summed E-state index contributed by atoms with van der Waals surface area (Å²) < 4.78 is 8.29. The number of rotatable bonds is 19. The molecule has 0 fully saturated rings. The van der Waals surface area contributed by atoms with Gasteiger partial charge in [-0.05, 0) is 18.6 Å². The molecular formula is C33H46ClN2O2S+. The number of nitrogens with one attached hydrogen (secondary N) is 1. The summed E-state index contributed by atoms with van der Waals surface area (Å²) in [7, 11) is 0. The molecular weight excluding hydrogens is 524 g/mol. The van der Waals surface area contributed by atoms with Crippen LogP contribution in [0.15, 0.2) is 54.0 Å². The molecule has 1 amide bonds. The SMILES string of the molecule is CCCCCCCCCCCCCCOc1c(Cl)cccc1CC(=O)Nc1ccccc1C[n+]1ccsc1C. The highest BCUT2D eigenvalue weighted by molar-refractivity contribution is 7.09. The zero-order chi connectivity index (χ0) is 27.7. The van der Waals surface area contributed by atoms with E-state index in [1.54, 1.807) is 11.3 Å². The van der Waals surface area contributed by atoms with Gasteiger partial charge in [0, 0.05) is 18.1 Å². The van der Waals surface area contributed by atoms with Gasteiger partial charge in [0.1, 0.15) is 5.75 Å². The van der Waals surface area contributed by atoms with E-state index in [2.05, 4.69) is 41.4 Å². The van der Waals surface area contributed by atoms with Crippen LogP contribution in [-0.2, 0) is 17.8 Å². The largest absolute Gasteiger partial charge is 0.492 e. The minimum atomic E-state index is -0.0769. The normalized spacial score (nSPS) is 11.1. The molecule has 0 unspecified atom stereocenters. The highest BCUT2D eigenvalue weighted by atomic mass is 35.5. The molecule has 0 radical (unpaired) electrons. The molecule has 3 rings (SSSR count). The van der Waals surface area contributed by atoms with Crippen LogP contribution >= 0.6 is 22.9 Å². The molecule has 3 aromatic rings. The molecule has 6 heteroatoms. The lowest BCUT2D eigenvalue weighted by molar-refractivity contribution is -0.689. The number of hydrogen-bond acceptors (Lipinski definition) is 3. The molecule has 4 nitrogen and oxygen atoms in total. The Morgan fingerprint density at radius 2 is 1.51 bits per heavy atom. The molecule has 0 aliphatic heterocycles. The molecule has 0 aliphatic carbocycles. The summed E-state index contributed by atoms with van der Waals surface area (Å²) >= 11 is 8.20. The Balaban J connectivity index is 1.40. The fourth-order valence-electron chi connectivity index (χ4n) is 4.84. The number of unbranched alkanes of at least 4 members (excludes halogenated alkanes) is 11. The topological polar surface area (TPSA) is 42.2 Å². The number of carbonyl (C=O) groups excluding carboxylic acids is 1. The fourth-order valence-corrected chi connectivity index (χ4v) is 5.76. The average Bonchev–Trinajstić information content (AvgIpc) is 3.33. The number of nitrogens with zero attached hydrogens (tertiary/aromatic N) is 1. The van der Waals surface area contributed by atoms with Crippen LogP contribution in [0, 0.1) is 6.92 Å². The standard InChI is InChI=1S/C33H45ClN2O2S/c1-3-4-5-6-7-8-9-10-11-12-13-16-23-38-33-28(19-17-20-30(33)34)25-32(37)35-31-21-15-14-18-29(31)26-36-22-24-39-27(36)2/h14-15,17-22,24H,3-13,16,23,25-26H2,1-2H3/p+1. The molecule has 212 valence electrons. The smallest absolute Gasteiger partial charge is 0.234 e. The van der Waals surface area contributed by atoms with Crippen molar-refractivity contribution in [1.29, 1.82) is 0 Å². The van der Waals surface area contributed by atoms with Crippen LogP contribution in [0.2, 0.25) is 5.02 Å². The van der Waals surface area contributed by atoms with E-state index in [9.17, 15) is 4.79 Å². The van der Waals surface area contributed by atoms with Gasteiger partial charge >= 0.3 is 0 Å². The highest BCUT2D eigenvalue weighted by Crippen LogP contribution is 2.30. The lowest BCUT2D eigenvalue weighted by Crippen LogP contribution is -2.34. The van der Waals surface area contributed by atoms with Crippen LogP contribution in [-0.4, -0.2) is 12.5 Å².